The first kappa shape index (κ1) is 19.9. The first-order valence-electron chi connectivity index (χ1n) is 9.24. The molecule has 0 amide bonds. The van der Waals surface area contributed by atoms with Gasteiger partial charge < -0.3 is 15.2 Å². The van der Waals surface area contributed by atoms with Crippen molar-refractivity contribution in [1.82, 2.24) is 5.32 Å². The van der Waals surface area contributed by atoms with E-state index in [4.69, 9.17) is 9.84 Å². The highest BCUT2D eigenvalue weighted by Gasteiger charge is 2.33. The van der Waals surface area contributed by atoms with Gasteiger partial charge in [0.15, 0.2) is 0 Å². The summed E-state index contributed by atoms with van der Waals surface area (Å²) in [5, 5.41) is 11.9. The fourth-order valence-corrected chi connectivity index (χ4v) is 3.16. The SMILES string of the molecule is CCCCCCOC(=O)C1CNCC1CCCCCCC(=O)O. The number of hydrogen-bond donors (Lipinski definition) is 2. The Kier molecular flexibility index (Phi) is 10.7. The average Bonchev–Trinajstić information content (AvgIpc) is 2.98. The van der Waals surface area contributed by atoms with Crippen LogP contribution in [0.15, 0.2) is 0 Å². The third-order valence-corrected chi connectivity index (χ3v) is 4.60. The number of hydrogen-bond acceptors (Lipinski definition) is 4. The molecule has 1 aliphatic rings. The van der Waals surface area contributed by atoms with Gasteiger partial charge in [-0.05, 0) is 31.7 Å². The van der Waals surface area contributed by atoms with E-state index in [1.807, 2.05) is 0 Å². The summed E-state index contributed by atoms with van der Waals surface area (Å²) in [6.45, 7) is 4.35. The second kappa shape index (κ2) is 12.3. The highest BCUT2D eigenvalue weighted by atomic mass is 16.5. The fraction of sp³-hybridized carbons (Fsp3) is 0.889. The zero-order valence-electron chi connectivity index (χ0n) is 14.5. The highest BCUT2D eigenvalue weighted by Crippen LogP contribution is 2.24. The van der Waals surface area contributed by atoms with Crippen molar-refractivity contribution >= 4 is 11.9 Å². The molecule has 2 unspecified atom stereocenters. The molecule has 23 heavy (non-hydrogen) atoms. The van der Waals surface area contributed by atoms with Gasteiger partial charge in [0.05, 0.1) is 12.5 Å². The Morgan fingerprint density at radius 3 is 2.52 bits per heavy atom. The Labute approximate surface area is 140 Å². The summed E-state index contributed by atoms with van der Waals surface area (Å²) in [4.78, 5) is 22.6. The van der Waals surface area contributed by atoms with Crippen LogP contribution in [0.5, 0.6) is 0 Å². The molecule has 5 nitrogen and oxygen atoms in total. The van der Waals surface area contributed by atoms with Crippen LogP contribution in [0.1, 0.15) is 71.1 Å². The minimum Gasteiger partial charge on any atom is -0.481 e. The lowest BCUT2D eigenvalue weighted by molar-refractivity contribution is -0.149. The lowest BCUT2D eigenvalue weighted by atomic mass is 9.90. The number of carbonyl (C=O) groups is 2. The van der Waals surface area contributed by atoms with Gasteiger partial charge in [-0.25, -0.2) is 0 Å². The van der Waals surface area contributed by atoms with E-state index in [0.29, 0.717) is 12.5 Å². The van der Waals surface area contributed by atoms with E-state index in [1.54, 1.807) is 0 Å². The fourth-order valence-electron chi connectivity index (χ4n) is 3.16. The van der Waals surface area contributed by atoms with Gasteiger partial charge in [0.1, 0.15) is 0 Å². The number of carbonyl (C=O) groups excluding carboxylic acids is 1. The molecule has 1 aliphatic heterocycles. The predicted octanol–water partition coefficient (Wildman–Crippen LogP) is 3.37. The van der Waals surface area contributed by atoms with Gasteiger partial charge in [-0.2, -0.15) is 0 Å². The van der Waals surface area contributed by atoms with Gasteiger partial charge in [-0.3, -0.25) is 9.59 Å². The van der Waals surface area contributed by atoms with Crippen LogP contribution in [0, 0.1) is 11.8 Å². The van der Waals surface area contributed by atoms with E-state index >= 15 is 0 Å². The Morgan fingerprint density at radius 2 is 1.78 bits per heavy atom. The van der Waals surface area contributed by atoms with Crippen LogP contribution in [0.2, 0.25) is 0 Å². The summed E-state index contributed by atoms with van der Waals surface area (Å²) in [6, 6.07) is 0. The number of ether oxygens (including phenoxy) is 1. The van der Waals surface area contributed by atoms with Crippen LogP contribution < -0.4 is 5.32 Å². The van der Waals surface area contributed by atoms with Crippen molar-refractivity contribution in [1.29, 1.82) is 0 Å². The van der Waals surface area contributed by atoms with E-state index < -0.39 is 5.97 Å². The zero-order valence-corrected chi connectivity index (χ0v) is 14.5. The minimum absolute atomic E-state index is 0.000180. The molecule has 0 aromatic rings. The molecule has 0 aliphatic carbocycles. The van der Waals surface area contributed by atoms with Gasteiger partial charge >= 0.3 is 11.9 Å². The van der Waals surface area contributed by atoms with E-state index in [9.17, 15) is 9.59 Å². The zero-order chi connectivity index (χ0) is 16.9. The van der Waals surface area contributed by atoms with Crippen LogP contribution >= 0.6 is 0 Å². The van der Waals surface area contributed by atoms with Crippen LogP contribution in [0.3, 0.4) is 0 Å². The molecule has 2 atom stereocenters. The summed E-state index contributed by atoms with van der Waals surface area (Å²) in [5.41, 5.74) is 0. The van der Waals surface area contributed by atoms with Crippen molar-refractivity contribution in [3.05, 3.63) is 0 Å². The first-order valence-corrected chi connectivity index (χ1v) is 9.24. The van der Waals surface area contributed by atoms with Gasteiger partial charge in [0, 0.05) is 13.0 Å². The van der Waals surface area contributed by atoms with Gasteiger partial charge in [0.2, 0.25) is 0 Å². The van der Waals surface area contributed by atoms with E-state index in [-0.39, 0.29) is 18.3 Å². The normalized spacial score (nSPS) is 20.6. The summed E-state index contributed by atoms with van der Waals surface area (Å²) in [5.74, 6) is -0.382. The molecule has 5 heteroatoms. The molecular weight excluding hydrogens is 294 g/mol. The molecule has 2 N–H and O–H groups in total. The molecule has 1 rings (SSSR count). The Balaban J connectivity index is 2.12. The number of carboxylic acid groups (broad SMARTS) is 1. The van der Waals surface area contributed by atoms with Gasteiger partial charge in [-0.15, -0.1) is 0 Å². The topological polar surface area (TPSA) is 75.6 Å². The van der Waals surface area contributed by atoms with E-state index in [0.717, 1.165) is 58.0 Å². The Morgan fingerprint density at radius 1 is 1.04 bits per heavy atom. The summed E-state index contributed by atoms with van der Waals surface area (Å²) in [6.07, 6.45) is 9.59. The summed E-state index contributed by atoms with van der Waals surface area (Å²) in [7, 11) is 0. The van der Waals surface area contributed by atoms with Crippen molar-refractivity contribution in [2.75, 3.05) is 19.7 Å². The molecule has 0 spiro atoms. The van der Waals surface area contributed by atoms with Crippen LogP contribution in [-0.2, 0) is 14.3 Å². The molecular formula is C18H33NO4. The van der Waals surface area contributed by atoms with E-state index in [1.165, 1.54) is 12.8 Å². The molecule has 1 saturated heterocycles. The molecule has 0 bridgehead atoms. The molecule has 134 valence electrons. The number of aliphatic carboxylic acids is 1. The smallest absolute Gasteiger partial charge is 0.310 e. The van der Waals surface area contributed by atoms with Crippen LogP contribution in [-0.4, -0.2) is 36.7 Å². The van der Waals surface area contributed by atoms with Gasteiger partial charge in [0.25, 0.3) is 0 Å². The highest BCUT2D eigenvalue weighted by molar-refractivity contribution is 5.73. The second-order valence-corrected chi connectivity index (χ2v) is 6.60. The molecule has 1 heterocycles. The van der Waals surface area contributed by atoms with Crippen molar-refractivity contribution in [3.63, 3.8) is 0 Å². The number of carboxylic acids is 1. The number of unbranched alkanes of at least 4 members (excludes halogenated alkanes) is 6. The van der Waals surface area contributed by atoms with Crippen molar-refractivity contribution in [2.24, 2.45) is 11.8 Å². The lowest BCUT2D eigenvalue weighted by Crippen LogP contribution is -2.25. The first-order chi connectivity index (χ1) is 11.1. The third kappa shape index (κ3) is 8.94. The monoisotopic (exact) mass is 327 g/mol. The second-order valence-electron chi connectivity index (χ2n) is 6.60. The maximum absolute atomic E-state index is 12.2. The Bertz CT molecular complexity index is 346. The van der Waals surface area contributed by atoms with Crippen molar-refractivity contribution < 1.29 is 19.4 Å². The molecule has 0 radical (unpaired) electrons. The quantitative estimate of drug-likeness (QED) is 0.401. The third-order valence-electron chi connectivity index (χ3n) is 4.60. The maximum atomic E-state index is 12.2. The lowest BCUT2D eigenvalue weighted by Gasteiger charge is -2.17. The number of rotatable bonds is 13. The van der Waals surface area contributed by atoms with Crippen molar-refractivity contribution in [2.45, 2.75) is 71.1 Å². The molecule has 0 aromatic carbocycles. The Hall–Kier alpha value is -1.10. The molecule has 0 saturated carbocycles. The van der Waals surface area contributed by atoms with Crippen LogP contribution in [0.25, 0.3) is 0 Å². The maximum Gasteiger partial charge on any atom is 0.310 e. The van der Waals surface area contributed by atoms with E-state index in [2.05, 4.69) is 12.2 Å². The minimum atomic E-state index is -0.716. The number of nitrogens with one attached hydrogen (secondary N) is 1. The standard InChI is InChI=1S/C18H33NO4/c1-2-3-4-9-12-23-18(22)16-14-19-13-15(16)10-7-5-6-8-11-17(20)21/h15-16,19H,2-14H2,1H3,(H,20,21). The number of esters is 1. The predicted molar refractivity (Wildman–Crippen MR) is 90.3 cm³/mol. The summed E-state index contributed by atoms with van der Waals surface area (Å²) < 4.78 is 5.43. The van der Waals surface area contributed by atoms with Gasteiger partial charge in [-0.1, -0.05) is 45.4 Å². The van der Waals surface area contributed by atoms with Crippen molar-refractivity contribution in [3.8, 4) is 0 Å². The molecule has 0 aromatic heterocycles. The largest absolute Gasteiger partial charge is 0.481 e. The average molecular weight is 327 g/mol. The summed E-state index contributed by atoms with van der Waals surface area (Å²) >= 11 is 0. The van der Waals surface area contributed by atoms with Crippen LogP contribution in [0.4, 0.5) is 0 Å². The molecule has 1 fully saturated rings.